The molecule has 30 heavy (non-hydrogen) atoms. The van der Waals surface area contributed by atoms with E-state index in [-0.39, 0.29) is 19.5 Å². The lowest BCUT2D eigenvalue weighted by Gasteiger charge is -2.49. The Bertz CT molecular complexity index is 1110. The molecule has 2 fully saturated rings. The van der Waals surface area contributed by atoms with Gasteiger partial charge in [-0.3, -0.25) is 4.68 Å². The first kappa shape index (κ1) is 18.8. The number of nitrogens with zero attached hydrogens (tertiary/aromatic N) is 5. The summed E-state index contributed by atoms with van der Waals surface area (Å²) in [4.78, 5) is 22.6. The van der Waals surface area contributed by atoms with Crippen molar-refractivity contribution in [3.63, 3.8) is 0 Å². The number of rotatable bonds is 3. The summed E-state index contributed by atoms with van der Waals surface area (Å²) in [6.07, 6.45) is 4.36. The van der Waals surface area contributed by atoms with Crippen molar-refractivity contribution in [1.29, 1.82) is 0 Å². The first-order chi connectivity index (χ1) is 14.3. The van der Waals surface area contributed by atoms with E-state index in [4.69, 9.17) is 0 Å². The number of halogens is 2. The Hall–Kier alpha value is -3.17. The number of amides is 1. The highest BCUT2D eigenvalue weighted by Crippen LogP contribution is 2.47. The van der Waals surface area contributed by atoms with E-state index in [1.165, 1.54) is 4.90 Å². The van der Waals surface area contributed by atoms with E-state index in [1.54, 1.807) is 17.1 Å². The van der Waals surface area contributed by atoms with Gasteiger partial charge in [0.15, 0.2) is 0 Å². The summed E-state index contributed by atoms with van der Waals surface area (Å²) in [7, 11) is 1.84. The van der Waals surface area contributed by atoms with Crippen molar-refractivity contribution in [1.82, 2.24) is 24.6 Å². The van der Waals surface area contributed by atoms with E-state index in [2.05, 4.69) is 15.1 Å². The number of aromatic amines is 1. The minimum Gasteiger partial charge on any atom is -0.465 e. The monoisotopic (exact) mass is 416 g/mol. The van der Waals surface area contributed by atoms with Gasteiger partial charge in [0.05, 0.1) is 17.9 Å². The maximum Gasteiger partial charge on any atom is 0.407 e. The molecule has 3 aromatic rings. The minimum absolute atomic E-state index is 0.173. The predicted octanol–water partition coefficient (Wildman–Crippen LogP) is 3.18. The molecule has 0 aromatic carbocycles. The second kappa shape index (κ2) is 6.68. The van der Waals surface area contributed by atoms with Gasteiger partial charge < -0.3 is 19.9 Å². The Balaban J connectivity index is 1.49. The summed E-state index contributed by atoms with van der Waals surface area (Å²) in [5.41, 5.74) is 3.34. The third-order valence-electron chi connectivity index (χ3n) is 6.33. The average molecular weight is 416 g/mol. The number of piperazine rings is 1. The molecule has 0 bridgehead atoms. The fourth-order valence-electron chi connectivity index (χ4n) is 4.62. The normalized spacial score (nSPS) is 23.6. The van der Waals surface area contributed by atoms with E-state index in [1.807, 2.05) is 30.3 Å². The summed E-state index contributed by atoms with van der Waals surface area (Å²) in [6.45, 7) is 0.864. The molecule has 1 saturated heterocycles. The maximum absolute atomic E-state index is 14.1. The molecule has 158 valence electrons. The molecule has 2 atom stereocenters. The number of alkyl halides is 2. The molecule has 10 heteroatoms. The van der Waals surface area contributed by atoms with Gasteiger partial charge in [0, 0.05) is 68.1 Å². The average Bonchev–Trinajstić information content (AvgIpc) is 3.32. The number of aromatic nitrogens is 4. The molecule has 2 aliphatic rings. The van der Waals surface area contributed by atoms with E-state index in [0.717, 1.165) is 22.3 Å². The zero-order chi connectivity index (χ0) is 21.0. The lowest BCUT2D eigenvalue weighted by Crippen LogP contribution is -2.63. The summed E-state index contributed by atoms with van der Waals surface area (Å²) < 4.78 is 30.0. The lowest BCUT2D eigenvalue weighted by molar-refractivity contribution is -0.156. The Morgan fingerprint density at radius 2 is 2.20 bits per heavy atom. The molecule has 2 N–H and O–H groups in total. The fourth-order valence-corrected chi connectivity index (χ4v) is 4.62. The number of carboxylic acid groups (broad SMARTS) is 1. The zero-order valence-electron chi connectivity index (χ0n) is 16.4. The summed E-state index contributed by atoms with van der Waals surface area (Å²) in [5.74, 6) is -3.75. The highest BCUT2D eigenvalue weighted by molar-refractivity contribution is 5.93. The van der Waals surface area contributed by atoms with Crippen LogP contribution in [0.15, 0.2) is 30.7 Å². The number of pyridine rings is 1. The topological polar surface area (TPSA) is 90.3 Å². The largest absolute Gasteiger partial charge is 0.465 e. The summed E-state index contributed by atoms with van der Waals surface area (Å²) in [6, 6.07) is 3.10. The van der Waals surface area contributed by atoms with E-state index in [9.17, 15) is 18.7 Å². The van der Waals surface area contributed by atoms with Gasteiger partial charge >= 0.3 is 6.09 Å². The van der Waals surface area contributed by atoms with Crippen molar-refractivity contribution >= 4 is 22.8 Å². The molecule has 8 nitrogen and oxygen atoms in total. The first-order valence-electron chi connectivity index (χ1n) is 9.92. The minimum atomic E-state index is -2.81. The SMILES string of the molecule is Cn1cc(-c2cc3c(N4CCN(C(=O)O)C(C5CCC5(F)F)C4)ccnc3[nH]2)cn1. The van der Waals surface area contributed by atoms with Crippen LogP contribution in [0.25, 0.3) is 22.3 Å². The Morgan fingerprint density at radius 3 is 2.83 bits per heavy atom. The predicted molar refractivity (Wildman–Crippen MR) is 107 cm³/mol. The molecule has 1 amide bonds. The van der Waals surface area contributed by atoms with Crippen molar-refractivity contribution in [3.8, 4) is 11.3 Å². The molecule has 1 aliphatic carbocycles. The van der Waals surface area contributed by atoms with Crippen LogP contribution in [-0.2, 0) is 7.05 Å². The second-order valence-corrected chi connectivity index (χ2v) is 8.07. The van der Waals surface area contributed by atoms with Gasteiger partial charge in [0.2, 0.25) is 0 Å². The highest BCUT2D eigenvalue weighted by atomic mass is 19.3. The smallest absolute Gasteiger partial charge is 0.407 e. The quantitative estimate of drug-likeness (QED) is 0.685. The Morgan fingerprint density at radius 1 is 1.37 bits per heavy atom. The summed E-state index contributed by atoms with van der Waals surface area (Å²) >= 11 is 0. The van der Waals surface area contributed by atoms with Gasteiger partial charge in [-0.1, -0.05) is 0 Å². The standard InChI is InChI=1S/C20H22F2N6O2/c1-26-10-12(9-24-26)15-8-13-16(3-5-23-18(13)25-15)27-6-7-28(19(29)30)17(11-27)14-2-4-20(14,21)22/h3,5,8-10,14,17H,2,4,6-7,11H2,1H3,(H,23,25)(H,29,30). The van der Waals surface area contributed by atoms with Crippen LogP contribution < -0.4 is 4.90 Å². The van der Waals surface area contributed by atoms with Gasteiger partial charge in [-0.25, -0.2) is 18.6 Å². The summed E-state index contributed by atoms with van der Waals surface area (Å²) in [5, 5.41) is 14.6. The molecule has 2 unspecified atom stereocenters. The number of nitrogens with one attached hydrogen (secondary N) is 1. The molecule has 3 aromatic heterocycles. The molecular formula is C20H22F2N6O2. The molecule has 4 heterocycles. The van der Waals surface area contributed by atoms with Gasteiger partial charge in [-0.15, -0.1) is 0 Å². The van der Waals surface area contributed by atoms with E-state index >= 15 is 0 Å². The first-order valence-corrected chi connectivity index (χ1v) is 9.92. The molecular weight excluding hydrogens is 394 g/mol. The van der Waals surface area contributed by atoms with Crippen LogP contribution in [0.1, 0.15) is 12.8 Å². The number of hydrogen-bond donors (Lipinski definition) is 2. The molecule has 1 saturated carbocycles. The molecule has 5 rings (SSSR count). The highest BCUT2D eigenvalue weighted by Gasteiger charge is 2.55. The fraction of sp³-hybridized carbons (Fsp3) is 0.450. The number of H-pyrrole nitrogens is 1. The van der Waals surface area contributed by atoms with Crippen molar-refractivity contribution in [2.75, 3.05) is 24.5 Å². The zero-order valence-corrected chi connectivity index (χ0v) is 16.4. The molecule has 1 aliphatic heterocycles. The van der Waals surface area contributed by atoms with Gasteiger partial charge in [0.25, 0.3) is 5.92 Å². The van der Waals surface area contributed by atoms with Gasteiger partial charge in [0.1, 0.15) is 5.65 Å². The number of fused-ring (bicyclic) bond motifs is 1. The molecule has 0 spiro atoms. The Kier molecular flexibility index (Phi) is 4.19. The Labute approximate surface area is 171 Å². The second-order valence-electron chi connectivity index (χ2n) is 8.07. The van der Waals surface area contributed by atoms with Crippen LogP contribution in [0.3, 0.4) is 0 Å². The van der Waals surface area contributed by atoms with Crippen LogP contribution in [0, 0.1) is 5.92 Å². The van der Waals surface area contributed by atoms with Crippen molar-refractivity contribution < 1.29 is 18.7 Å². The number of carbonyl (C=O) groups is 1. The van der Waals surface area contributed by atoms with Crippen LogP contribution in [0.2, 0.25) is 0 Å². The van der Waals surface area contributed by atoms with Crippen LogP contribution >= 0.6 is 0 Å². The number of anilines is 1. The van der Waals surface area contributed by atoms with E-state index in [0.29, 0.717) is 18.6 Å². The third-order valence-corrected chi connectivity index (χ3v) is 6.33. The number of hydrogen-bond acceptors (Lipinski definition) is 4. The maximum atomic E-state index is 14.1. The third kappa shape index (κ3) is 2.98. The van der Waals surface area contributed by atoms with E-state index < -0.39 is 24.0 Å². The van der Waals surface area contributed by atoms with Crippen molar-refractivity contribution in [3.05, 3.63) is 30.7 Å². The van der Waals surface area contributed by atoms with Crippen LogP contribution in [-0.4, -0.2) is 67.4 Å². The lowest BCUT2D eigenvalue weighted by atomic mass is 9.74. The van der Waals surface area contributed by atoms with Crippen LogP contribution in [0.5, 0.6) is 0 Å². The molecule has 0 radical (unpaired) electrons. The van der Waals surface area contributed by atoms with Crippen molar-refractivity contribution in [2.24, 2.45) is 13.0 Å². The number of aryl methyl sites for hydroxylation is 1. The van der Waals surface area contributed by atoms with Gasteiger partial charge in [-0.05, 0) is 18.6 Å². The van der Waals surface area contributed by atoms with Crippen molar-refractivity contribution in [2.45, 2.75) is 24.8 Å². The van der Waals surface area contributed by atoms with Crippen LogP contribution in [0.4, 0.5) is 19.3 Å². The van der Waals surface area contributed by atoms with Gasteiger partial charge in [-0.2, -0.15) is 5.10 Å².